The largest absolute Gasteiger partial charge is 0.378 e. The lowest BCUT2D eigenvalue weighted by molar-refractivity contribution is -0.0281. The first-order valence-corrected chi connectivity index (χ1v) is 17.0. The van der Waals surface area contributed by atoms with Crippen LogP contribution in [0.1, 0.15) is 0 Å². The zero-order valence-corrected chi connectivity index (χ0v) is 28.4. The lowest BCUT2D eigenvalue weighted by atomic mass is 10.6. The average molecular weight is 810 g/mol. The molecule has 0 spiro atoms. The van der Waals surface area contributed by atoms with Gasteiger partial charge in [-0.05, 0) is 0 Å². The molecule has 0 rings (SSSR count). The van der Waals surface area contributed by atoms with Gasteiger partial charge in [0.2, 0.25) is 0 Å². The molecule has 0 fully saturated rings. The molecule has 0 aliphatic carbocycles. The Morgan fingerprint density at radius 3 is 0.375 bits per heavy atom. The highest BCUT2D eigenvalue weighted by Gasteiger charge is 1.96. The van der Waals surface area contributed by atoms with Gasteiger partial charge in [-0.1, -0.05) is 45.2 Å². The molecule has 0 aromatic carbocycles. The Morgan fingerprint density at radius 1 is 0.175 bits per heavy atom. The van der Waals surface area contributed by atoms with Crippen molar-refractivity contribution < 1.29 is 56.8 Å². The molecule has 0 aliphatic rings. The highest BCUT2D eigenvalue weighted by Crippen LogP contribution is 1.88. The van der Waals surface area contributed by atoms with Gasteiger partial charge in [-0.15, -0.1) is 0 Å². The fourth-order valence-corrected chi connectivity index (χ4v) is 3.25. The molecular weight excluding hydrogens is 758 g/mol. The second kappa shape index (κ2) is 40.0. The van der Waals surface area contributed by atoms with Gasteiger partial charge in [0.1, 0.15) is 0 Å². The van der Waals surface area contributed by atoms with Gasteiger partial charge in [0.15, 0.2) is 0 Å². The molecule has 0 saturated heterocycles. The van der Waals surface area contributed by atoms with E-state index in [1.807, 2.05) is 0 Å². The first-order chi connectivity index (χ1) is 19.9. The summed E-state index contributed by atoms with van der Waals surface area (Å²) in [6.45, 7) is 13.6. The van der Waals surface area contributed by atoms with Crippen molar-refractivity contribution in [2.75, 3.05) is 167 Å². The number of alkyl halides is 2. The van der Waals surface area contributed by atoms with Crippen LogP contribution in [0.25, 0.3) is 0 Å². The molecule has 12 nitrogen and oxygen atoms in total. The van der Waals surface area contributed by atoms with Crippen LogP contribution in [0.15, 0.2) is 0 Å². The van der Waals surface area contributed by atoms with E-state index in [4.69, 9.17) is 56.8 Å². The molecule has 0 radical (unpaired) electrons. The fraction of sp³-hybridized carbons (Fsp3) is 1.00. The van der Waals surface area contributed by atoms with Crippen LogP contribution in [0.3, 0.4) is 0 Å². The quantitative estimate of drug-likeness (QED) is 0.0521. The Bertz CT molecular complexity index is 406. The van der Waals surface area contributed by atoms with Gasteiger partial charge in [0.25, 0.3) is 0 Å². The van der Waals surface area contributed by atoms with Gasteiger partial charge >= 0.3 is 0 Å². The van der Waals surface area contributed by atoms with Gasteiger partial charge in [-0.2, -0.15) is 0 Å². The van der Waals surface area contributed by atoms with E-state index in [1.54, 1.807) is 0 Å². The van der Waals surface area contributed by atoms with E-state index in [0.717, 1.165) is 22.1 Å². The molecule has 0 heterocycles. The maximum absolute atomic E-state index is 5.47. The van der Waals surface area contributed by atoms with Crippen LogP contribution >= 0.6 is 45.2 Å². The Balaban J connectivity index is 3.01. The van der Waals surface area contributed by atoms with E-state index in [2.05, 4.69) is 45.2 Å². The molecule has 40 heavy (non-hydrogen) atoms. The van der Waals surface area contributed by atoms with Crippen LogP contribution in [0.4, 0.5) is 0 Å². The lowest BCUT2D eigenvalue weighted by Crippen LogP contribution is -2.15. The Labute approximate surface area is 268 Å². The van der Waals surface area contributed by atoms with Crippen LogP contribution < -0.4 is 0 Å². The number of hydrogen-bond acceptors (Lipinski definition) is 12. The zero-order valence-electron chi connectivity index (χ0n) is 24.0. The van der Waals surface area contributed by atoms with Crippen molar-refractivity contribution in [3.8, 4) is 0 Å². The van der Waals surface area contributed by atoms with Crippen molar-refractivity contribution in [3.05, 3.63) is 0 Å². The van der Waals surface area contributed by atoms with Crippen LogP contribution in [0.2, 0.25) is 0 Å². The van der Waals surface area contributed by atoms with E-state index in [1.165, 1.54) is 0 Å². The molecule has 0 aromatic rings. The third-order valence-electron chi connectivity index (χ3n) is 4.54. The monoisotopic (exact) mass is 810 g/mol. The Kier molecular flexibility index (Phi) is 41.0. The topological polar surface area (TPSA) is 111 Å². The third kappa shape index (κ3) is 39.0. The van der Waals surface area contributed by atoms with E-state index < -0.39 is 0 Å². The molecule has 0 aliphatic heterocycles. The zero-order chi connectivity index (χ0) is 28.9. The van der Waals surface area contributed by atoms with Crippen LogP contribution in [-0.2, 0) is 56.8 Å². The van der Waals surface area contributed by atoms with Gasteiger partial charge in [-0.3, -0.25) is 0 Å². The molecule has 0 saturated carbocycles. The SMILES string of the molecule is ICCOCCOCCOCCOCCOCCOCCOCCOCCOCCOCCOCCOCCI. The second-order valence-corrected chi connectivity index (χ2v) is 9.88. The summed E-state index contributed by atoms with van der Waals surface area (Å²) < 4.78 is 67.1. The number of ether oxygens (including phenoxy) is 12. The molecule has 0 aromatic heterocycles. The van der Waals surface area contributed by atoms with E-state index in [-0.39, 0.29) is 0 Å². The van der Waals surface area contributed by atoms with Gasteiger partial charge in [0, 0.05) is 8.86 Å². The van der Waals surface area contributed by atoms with Crippen molar-refractivity contribution in [2.45, 2.75) is 0 Å². The van der Waals surface area contributed by atoms with Gasteiger partial charge in [0.05, 0.1) is 159 Å². The van der Waals surface area contributed by atoms with E-state index >= 15 is 0 Å². The van der Waals surface area contributed by atoms with E-state index in [9.17, 15) is 0 Å². The smallest absolute Gasteiger partial charge is 0.0701 e. The fourth-order valence-electron chi connectivity index (χ4n) is 2.63. The first kappa shape index (κ1) is 41.0. The van der Waals surface area contributed by atoms with E-state index in [0.29, 0.717) is 145 Å². The molecule has 14 heteroatoms. The summed E-state index contributed by atoms with van der Waals surface area (Å²) in [7, 11) is 0. The van der Waals surface area contributed by atoms with Crippen molar-refractivity contribution in [3.63, 3.8) is 0 Å². The molecular formula is C26H52I2O12. The van der Waals surface area contributed by atoms with Crippen molar-refractivity contribution in [1.29, 1.82) is 0 Å². The number of halogens is 2. The first-order valence-electron chi connectivity index (χ1n) is 14.0. The highest BCUT2D eigenvalue weighted by molar-refractivity contribution is 14.1. The second-order valence-electron chi connectivity index (χ2n) is 7.73. The van der Waals surface area contributed by atoms with Crippen molar-refractivity contribution >= 4 is 45.2 Å². The van der Waals surface area contributed by atoms with Gasteiger partial charge in [-0.25, -0.2) is 0 Å². The molecule has 0 unspecified atom stereocenters. The average Bonchev–Trinajstić information content (AvgIpc) is 2.97. The normalized spacial score (nSPS) is 11.6. The maximum atomic E-state index is 5.47. The summed E-state index contributed by atoms with van der Waals surface area (Å²) in [4.78, 5) is 0. The third-order valence-corrected chi connectivity index (χ3v) is 5.42. The Hall–Kier alpha value is 0.980. The van der Waals surface area contributed by atoms with Crippen LogP contribution in [0, 0.1) is 0 Å². The summed E-state index contributed by atoms with van der Waals surface area (Å²) in [6, 6.07) is 0. The minimum Gasteiger partial charge on any atom is -0.378 e. The molecule has 0 amide bonds. The maximum Gasteiger partial charge on any atom is 0.0701 e. The molecule has 0 bridgehead atoms. The standard InChI is InChI=1S/C26H52I2O12/c27-1-3-29-5-7-31-9-11-33-13-15-35-17-19-37-21-23-39-25-26-40-24-22-38-20-18-36-16-14-34-12-10-32-8-6-30-4-2-28/h1-26H2. The highest BCUT2D eigenvalue weighted by atomic mass is 127. The molecule has 0 N–H and O–H groups in total. The summed E-state index contributed by atoms with van der Waals surface area (Å²) >= 11 is 4.56. The Morgan fingerprint density at radius 2 is 0.275 bits per heavy atom. The predicted octanol–water partition coefficient (Wildman–Crippen LogP) is 2.06. The molecule has 0 atom stereocenters. The van der Waals surface area contributed by atoms with Crippen LogP contribution in [0.5, 0.6) is 0 Å². The van der Waals surface area contributed by atoms with Crippen molar-refractivity contribution in [2.24, 2.45) is 0 Å². The summed E-state index contributed by atoms with van der Waals surface area (Å²) in [5, 5.41) is 0. The van der Waals surface area contributed by atoms with Crippen LogP contribution in [-0.4, -0.2) is 167 Å². The predicted molar refractivity (Wildman–Crippen MR) is 168 cm³/mol. The van der Waals surface area contributed by atoms with Gasteiger partial charge < -0.3 is 56.8 Å². The summed E-state index contributed by atoms with van der Waals surface area (Å²) in [5.74, 6) is 0. The summed E-state index contributed by atoms with van der Waals surface area (Å²) in [5.41, 5.74) is 0. The number of hydrogen-bond donors (Lipinski definition) is 0. The summed E-state index contributed by atoms with van der Waals surface area (Å²) in [6.07, 6.45) is 0. The number of rotatable bonds is 37. The molecule has 242 valence electrons. The minimum absolute atomic E-state index is 0.521. The van der Waals surface area contributed by atoms with Crippen molar-refractivity contribution in [1.82, 2.24) is 0 Å². The minimum atomic E-state index is 0.521. The lowest BCUT2D eigenvalue weighted by Gasteiger charge is -2.09.